The Kier molecular flexibility index (Phi) is 4.03. The fourth-order valence-electron chi connectivity index (χ4n) is 2.04. The summed E-state index contributed by atoms with van der Waals surface area (Å²) in [5, 5.41) is 5.92. The summed E-state index contributed by atoms with van der Waals surface area (Å²) >= 11 is 0. The monoisotopic (exact) mass is 237 g/mol. The van der Waals surface area contributed by atoms with Crippen LogP contribution in [0.4, 0.5) is 10.1 Å². The van der Waals surface area contributed by atoms with Crippen molar-refractivity contribution >= 4 is 11.6 Å². The van der Waals surface area contributed by atoms with Gasteiger partial charge in [-0.2, -0.15) is 0 Å². The topological polar surface area (TPSA) is 54.0 Å². The molecule has 2 rings (SSSR count). The second-order valence-electron chi connectivity index (χ2n) is 4.34. The molecule has 92 valence electrons. The lowest BCUT2D eigenvalue weighted by Crippen LogP contribution is -2.30. The van der Waals surface area contributed by atoms with Crippen LogP contribution in [0.25, 0.3) is 0 Å². The number of amides is 1. The van der Waals surface area contributed by atoms with Crippen LogP contribution in [0.3, 0.4) is 0 Å². The van der Waals surface area contributed by atoms with Crippen LogP contribution in [0.5, 0.6) is 0 Å². The van der Waals surface area contributed by atoms with E-state index in [1.54, 1.807) is 0 Å². The van der Waals surface area contributed by atoms with Crippen LogP contribution in [0.1, 0.15) is 19.3 Å². The minimum Gasteiger partial charge on any atom is -0.325 e. The van der Waals surface area contributed by atoms with Crippen LogP contribution in [-0.2, 0) is 4.79 Å². The summed E-state index contributed by atoms with van der Waals surface area (Å²) in [5.41, 5.74) is 0.420. The molecule has 0 aromatic carbocycles. The average molecular weight is 237 g/mol. The van der Waals surface area contributed by atoms with Crippen molar-refractivity contribution in [1.82, 2.24) is 10.3 Å². The quantitative estimate of drug-likeness (QED) is 0.838. The Bertz CT molecular complexity index is 391. The van der Waals surface area contributed by atoms with Gasteiger partial charge >= 0.3 is 0 Å². The van der Waals surface area contributed by atoms with E-state index in [1.165, 1.54) is 12.3 Å². The van der Waals surface area contributed by atoms with Crippen LogP contribution < -0.4 is 10.6 Å². The summed E-state index contributed by atoms with van der Waals surface area (Å²) in [6, 6.07) is 1.27. The van der Waals surface area contributed by atoms with E-state index in [2.05, 4.69) is 15.6 Å². The smallest absolute Gasteiger partial charge is 0.224 e. The lowest BCUT2D eigenvalue weighted by Gasteiger charge is -2.21. The van der Waals surface area contributed by atoms with Crippen molar-refractivity contribution in [1.29, 1.82) is 0 Å². The van der Waals surface area contributed by atoms with Crippen molar-refractivity contribution in [3.05, 3.63) is 24.3 Å². The average Bonchev–Trinajstić information content (AvgIpc) is 2.30. The van der Waals surface area contributed by atoms with Crippen molar-refractivity contribution in [3.8, 4) is 0 Å². The van der Waals surface area contributed by atoms with Gasteiger partial charge in [0.25, 0.3) is 0 Å². The number of nitrogens with one attached hydrogen (secondary N) is 2. The Morgan fingerprint density at radius 3 is 2.94 bits per heavy atom. The number of aromatic nitrogens is 1. The molecular formula is C12H16FN3O. The fraction of sp³-hybridized carbons (Fsp3) is 0.500. The number of carbonyl (C=O) groups excluding carboxylic acids is 1. The zero-order valence-electron chi connectivity index (χ0n) is 9.58. The summed E-state index contributed by atoms with van der Waals surface area (Å²) in [6.45, 7) is 1.94. The Morgan fingerprint density at radius 1 is 1.47 bits per heavy atom. The molecule has 1 aliphatic rings. The Balaban J connectivity index is 1.84. The zero-order valence-corrected chi connectivity index (χ0v) is 9.58. The van der Waals surface area contributed by atoms with Crippen LogP contribution in [-0.4, -0.2) is 24.0 Å². The molecule has 0 unspecified atom stereocenters. The standard InChI is InChI=1S/C12H16FN3O/c13-10-6-11(8-15-7-10)16-12(17)5-9-1-3-14-4-2-9/h6-9,14H,1-5H2,(H,16,17). The van der Waals surface area contributed by atoms with E-state index < -0.39 is 5.82 Å². The highest BCUT2D eigenvalue weighted by Gasteiger charge is 2.16. The Morgan fingerprint density at radius 2 is 2.24 bits per heavy atom. The lowest BCUT2D eigenvalue weighted by atomic mass is 9.94. The van der Waals surface area contributed by atoms with Gasteiger partial charge in [0.05, 0.1) is 18.1 Å². The third-order valence-electron chi connectivity index (χ3n) is 2.92. The molecule has 1 aromatic heterocycles. The van der Waals surface area contributed by atoms with Crippen LogP contribution in [0, 0.1) is 11.7 Å². The van der Waals surface area contributed by atoms with E-state index in [1.807, 2.05) is 0 Å². The fourth-order valence-corrected chi connectivity index (χ4v) is 2.04. The first-order valence-electron chi connectivity index (χ1n) is 5.85. The molecule has 4 nitrogen and oxygen atoms in total. The van der Waals surface area contributed by atoms with Gasteiger partial charge in [-0.3, -0.25) is 9.78 Å². The number of hydrogen-bond acceptors (Lipinski definition) is 3. The first-order chi connectivity index (χ1) is 8.24. The Hall–Kier alpha value is -1.49. The molecule has 1 aliphatic heterocycles. The summed E-state index contributed by atoms with van der Waals surface area (Å²) in [6.07, 6.45) is 5.10. The number of pyridine rings is 1. The molecule has 0 spiro atoms. The van der Waals surface area contributed by atoms with Gasteiger partial charge in [-0.15, -0.1) is 0 Å². The molecule has 2 N–H and O–H groups in total. The maximum atomic E-state index is 12.9. The number of rotatable bonds is 3. The largest absolute Gasteiger partial charge is 0.325 e. The molecule has 0 atom stereocenters. The highest BCUT2D eigenvalue weighted by Crippen LogP contribution is 2.17. The highest BCUT2D eigenvalue weighted by atomic mass is 19.1. The van der Waals surface area contributed by atoms with Crippen molar-refractivity contribution in [2.45, 2.75) is 19.3 Å². The minimum atomic E-state index is -0.440. The van der Waals surface area contributed by atoms with E-state index >= 15 is 0 Å². The molecule has 0 bridgehead atoms. The van der Waals surface area contributed by atoms with Gasteiger partial charge < -0.3 is 10.6 Å². The van der Waals surface area contributed by atoms with E-state index in [0.717, 1.165) is 32.1 Å². The van der Waals surface area contributed by atoms with Gasteiger partial charge in [0.15, 0.2) is 0 Å². The van der Waals surface area contributed by atoms with Crippen molar-refractivity contribution in [2.24, 2.45) is 5.92 Å². The first-order valence-corrected chi connectivity index (χ1v) is 5.85. The van der Waals surface area contributed by atoms with Gasteiger partial charge in [0.1, 0.15) is 5.82 Å². The minimum absolute atomic E-state index is 0.0655. The molecule has 0 aliphatic carbocycles. The molecule has 1 aromatic rings. The second-order valence-corrected chi connectivity index (χ2v) is 4.34. The third kappa shape index (κ3) is 3.78. The predicted molar refractivity (Wildman–Crippen MR) is 63.0 cm³/mol. The number of anilines is 1. The number of piperidine rings is 1. The van der Waals surface area contributed by atoms with Crippen molar-refractivity contribution < 1.29 is 9.18 Å². The van der Waals surface area contributed by atoms with Crippen LogP contribution >= 0.6 is 0 Å². The molecule has 17 heavy (non-hydrogen) atoms. The number of carbonyl (C=O) groups is 1. The number of hydrogen-bond donors (Lipinski definition) is 2. The van der Waals surface area contributed by atoms with E-state index in [0.29, 0.717) is 18.0 Å². The molecule has 1 amide bonds. The van der Waals surface area contributed by atoms with Crippen LogP contribution in [0.15, 0.2) is 18.5 Å². The maximum Gasteiger partial charge on any atom is 0.224 e. The van der Waals surface area contributed by atoms with Gasteiger partial charge in [-0.05, 0) is 31.8 Å². The third-order valence-corrected chi connectivity index (χ3v) is 2.92. The first kappa shape index (κ1) is 12.0. The van der Waals surface area contributed by atoms with Gasteiger partial charge in [0.2, 0.25) is 5.91 Å². The van der Waals surface area contributed by atoms with Gasteiger partial charge in [-0.1, -0.05) is 0 Å². The van der Waals surface area contributed by atoms with E-state index in [9.17, 15) is 9.18 Å². The number of nitrogens with zero attached hydrogens (tertiary/aromatic N) is 1. The summed E-state index contributed by atoms with van der Waals surface area (Å²) in [7, 11) is 0. The highest BCUT2D eigenvalue weighted by molar-refractivity contribution is 5.90. The summed E-state index contributed by atoms with van der Waals surface area (Å²) in [4.78, 5) is 15.4. The molecule has 5 heteroatoms. The molecule has 1 saturated heterocycles. The Labute approximate surface area is 99.6 Å². The van der Waals surface area contributed by atoms with Crippen LogP contribution in [0.2, 0.25) is 0 Å². The molecule has 0 saturated carbocycles. The van der Waals surface area contributed by atoms with Crippen molar-refractivity contribution in [2.75, 3.05) is 18.4 Å². The lowest BCUT2D eigenvalue weighted by molar-refractivity contribution is -0.117. The molecule has 0 radical (unpaired) electrons. The number of halogens is 1. The molecule has 2 heterocycles. The van der Waals surface area contributed by atoms with Crippen molar-refractivity contribution in [3.63, 3.8) is 0 Å². The summed E-state index contributed by atoms with van der Waals surface area (Å²) in [5.74, 6) is -0.0771. The van der Waals surface area contributed by atoms with E-state index in [4.69, 9.17) is 0 Å². The van der Waals surface area contributed by atoms with Gasteiger partial charge in [-0.25, -0.2) is 4.39 Å². The second kappa shape index (κ2) is 5.72. The van der Waals surface area contributed by atoms with E-state index in [-0.39, 0.29) is 5.91 Å². The molecule has 1 fully saturated rings. The van der Waals surface area contributed by atoms with Gasteiger partial charge in [0, 0.05) is 12.5 Å². The predicted octanol–water partition coefficient (Wildman–Crippen LogP) is 1.55. The maximum absolute atomic E-state index is 12.9. The molecular weight excluding hydrogens is 221 g/mol. The SMILES string of the molecule is O=C(CC1CCNCC1)Nc1cncc(F)c1. The summed E-state index contributed by atoms with van der Waals surface area (Å²) < 4.78 is 12.9. The zero-order chi connectivity index (χ0) is 12.1. The normalized spacial score (nSPS) is 16.8.